The van der Waals surface area contributed by atoms with Crippen molar-refractivity contribution in [2.24, 2.45) is 0 Å². The fraction of sp³-hybridized carbons (Fsp3) is 0.429. The van der Waals surface area contributed by atoms with Crippen molar-refractivity contribution in [1.29, 1.82) is 0 Å². The van der Waals surface area contributed by atoms with Crippen molar-refractivity contribution in [3.8, 4) is 11.8 Å². The first-order valence-electron chi connectivity index (χ1n) is 5.68. The van der Waals surface area contributed by atoms with Crippen molar-refractivity contribution >= 4 is 5.69 Å². The van der Waals surface area contributed by atoms with Gasteiger partial charge in [0.25, 0.3) is 0 Å². The molecule has 0 amide bonds. The lowest BCUT2D eigenvalue weighted by Gasteiger charge is -2.28. The van der Waals surface area contributed by atoms with E-state index in [1.165, 1.54) is 38.0 Å². The first-order chi connectivity index (χ1) is 7.40. The van der Waals surface area contributed by atoms with Gasteiger partial charge in [0.05, 0.1) is 0 Å². The highest BCUT2D eigenvalue weighted by molar-refractivity contribution is 5.50. The van der Waals surface area contributed by atoms with Crippen molar-refractivity contribution in [2.45, 2.75) is 26.2 Å². The fourth-order valence-electron chi connectivity index (χ4n) is 2.05. The maximum absolute atomic E-state index is 3.07. The van der Waals surface area contributed by atoms with Gasteiger partial charge in [-0.3, -0.25) is 0 Å². The molecule has 1 aromatic rings. The van der Waals surface area contributed by atoms with Gasteiger partial charge < -0.3 is 4.90 Å². The summed E-state index contributed by atoms with van der Waals surface area (Å²) in [7, 11) is 0. The van der Waals surface area contributed by atoms with Crippen LogP contribution in [-0.2, 0) is 0 Å². The Bertz CT molecular complexity index is 361. The Morgan fingerprint density at radius 1 is 1.00 bits per heavy atom. The summed E-state index contributed by atoms with van der Waals surface area (Å²) in [5.74, 6) is 5.99. The molecule has 0 N–H and O–H groups in total. The standard InChI is InChI=1S/C14H17N/c1-2-6-13-7-9-14(10-8-13)15-11-4-3-5-12-15/h7-10H,3-5,11-12H2,1H3. The third-order valence-electron chi connectivity index (χ3n) is 2.86. The number of piperidine rings is 1. The molecule has 0 spiro atoms. The SMILES string of the molecule is CC#Cc1ccc(N2CCCCC2)cc1. The number of hydrogen-bond donors (Lipinski definition) is 0. The summed E-state index contributed by atoms with van der Waals surface area (Å²) in [6.07, 6.45) is 4.04. The van der Waals surface area contributed by atoms with E-state index in [2.05, 4.69) is 41.0 Å². The average Bonchev–Trinajstić information content (AvgIpc) is 2.32. The lowest BCUT2D eigenvalue weighted by molar-refractivity contribution is 0.578. The smallest absolute Gasteiger partial charge is 0.0367 e. The topological polar surface area (TPSA) is 3.24 Å². The number of rotatable bonds is 1. The Kier molecular flexibility index (Phi) is 3.29. The molecule has 2 rings (SSSR count). The van der Waals surface area contributed by atoms with Gasteiger partial charge in [0.15, 0.2) is 0 Å². The second-order valence-electron chi connectivity index (χ2n) is 3.97. The van der Waals surface area contributed by atoms with Crippen LogP contribution in [0.4, 0.5) is 5.69 Å². The largest absolute Gasteiger partial charge is 0.372 e. The van der Waals surface area contributed by atoms with E-state index in [1.54, 1.807) is 0 Å². The van der Waals surface area contributed by atoms with Crippen LogP contribution in [0, 0.1) is 11.8 Å². The summed E-state index contributed by atoms with van der Waals surface area (Å²) >= 11 is 0. The molecule has 1 saturated heterocycles. The highest BCUT2D eigenvalue weighted by atomic mass is 15.1. The molecule has 1 nitrogen and oxygen atoms in total. The van der Waals surface area contributed by atoms with Gasteiger partial charge in [0, 0.05) is 24.3 Å². The van der Waals surface area contributed by atoms with Crippen LogP contribution in [0.3, 0.4) is 0 Å². The molecule has 1 aliphatic heterocycles. The van der Waals surface area contributed by atoms with Gasteiger partial charge in [0.2, 0.25) is 0 Å². The molecule has 0 saturated carbocycles. The molecule has 15 heavy (non-hydrogen) atoms. The van der Waals surface area contributed by atoms with E-state index in [9.17, 15) is 0 Å². The third kappa shape index (κ3) is 2.53. The quantitative estimate of drug-likeness (QED) is 0.628. The zero-order valence-electron chi connectivity index (χ0n) is 9.29. The van der Waals surface area contributed by atoms with Crippen molar-refractivity contribution < 1.29 is 0 Å². The van der Waals surface area contributed by atoms with E-state index in [-0.39, 0.29) is 0 Å². The molecule has 0 aliphatic carbocycles. The maximum Gasteiger partial charge on any atom is 0.0367 e. The Labute approximate surface area is 92.1 Å². The molecule has 0 aromatic heterocycles. The van der Waals surface area contributed by atoms with E-state index in [0.717, 1.165) is 5.56 Å². The number of anilines is 1. The predicted molar refractivity (Wildman–Crippen MR) is 65.1 cm³/mol. The minimum atomic E-state index is 1.11. The lowest BCUT2D eigenvalue weighted by Crippen LogP contribution is -2.29. The van der Waals surface area contributed by atoms with Crippen LogP contribution in [-0.4, -0.2) is 13.1 Å². The molecule has 0 bridgehead atoms. The predicted octanol–water partition coefficient (Wildman–Crippen LogP) is 3.05. The highest BCUT2D eigenvalue weighted by Gasteiger charge is 2.09. The van der Waals surface area contributed by atoms with Gasteiger partial charge in [0.1, 0.15) is 0 Å². The van der Waals surface area contributed by atoms with Crippen LogP contribution in [0.5, 0.6) is 0 Å². The van der Waals surface area contributed by atoms with E-state index in [4.69, 9.17) is 0 Å². The van der Waals surface area contributed by atoms with Gasteiger partial charge >= 0.3 is 0 Å². The van der Waals surface area contributed by atoms with Gasteiger partial charge in [-0.2, -0.15) is 0 Å². The first-order valence-corrected chi connectivity index (χ1v) is 5.68. The van der Waals surface area contributed by atoms with Crippen molar-refractivity contribution in [3.05, 3.63) is 29.8 Å². The molecular weight excluding hydrogens is 182 g/mol. The molecule has 1 aromatic carbocycles. The van der Waals surface area contributed by atoms with Crippen LogP contribution in [0.15, 0.2) is 24.3 Å². The van der Waals surface area contributed by atoms with Crippen molar-refractivity contribution in [2.75, 3.05) is 18.0 Å². The molecule has 1 heteroatoms. The van der Waals surface area contributed by atoms with Crippen LogP contribution in [0.1, 0.15) is 31.7 Å². The summed E-state index contributed by atoms with van der Waals surface area (Å²) in [6, 6.07) is 8.59. The Hall–Kier alpha value is -1.42. The van der Waals surface area contributed by atoms with E-state index >= 15 is 0 Å². The second kappa shape index (κ2) is 4.89. The van der Waals surface area contributed by atoms with E-state index in [0.29, 0.717) is 0 Å². The number of hydrogen-bond acceptors (Lipinski definition) is 1. The van der Waals surface area contributed by atoms with Crippen LogP contribution >= 0.6 is 0 Å². The molecule has 1 aliphatic rings. The zero-order valence-corrected chi connectivity index (χ0v) is 9.29. The van der Waals surface area contributed by atoms with Crippen molar-refractivity contribution in [3.63, 3.8) is 0 Å². The van der Waals surface area contributed by atoms with E-state index in [1.807, 2.05) is 6.92 Å². The third-order valence-corrected chi connectivity index (χ3v) is 2.86. The highest BCUT2D eigenvalue weighted by Crippen LogP contribution is 2.19. The molecule has 0 unspecified atom stereocenters. The van der Waals surface area contributed by atoms with E-state index < -0.39 is 0 Å². The fourth-order valence-corrected chi connectivity index (χ4v) is 2.05. The monoisotopic (exact) mass is 199 g/mol. The lowest BCUT2D eigenvalue weighted by atomic mass is 10.1. The summed E-state index contributed by atoms with van der Waals surface area (Å²) in [5.41, 5.74) is 2.45. The summed E-state index contributed by atoms with van der Waals surface area (Å²) in [5, 5.41) is 0. The first kappa shape index (κ1) is 10.1. The minimum absolute atomic E-state index is 1.11. The van der Waals surface area contributed by atoms with Gasteiger partial charge in [-0.15, -0.1) is 5.92 Å². The van der Waals surface area contributed by atoms with Crippen molar-refractivity contribution in [1.82, 2.24) is 0 Å². The Balaban J connectivity index is 2.10. The van der Waals surface area contributed by atoms with Crippen LogP contribution < -0.4 is 4.90 Å². The number of benzene rings is 1. The normalized spacial score (nSPS) is 15.7. The van der Waals surface area contributed by atoms with Gasteiger partial charge in [-0.25, -0.2) is 0 Å². The minimum Gasteiger partial charge on any atom is -0.372 e. The maximum atomic E-state index is 3.07. The Morgan fingerprint density at radius 3 is 2.27 bits per heavy atom. The van der Waals surface area contributed by atoms with Gasteiger partial charge in [-0.1, -0.05) is 5.92 Å². The van der Waals surface area contributed by atoms with Crippen LogP contribution in [0.25, 0.3) is 0 Å². The zero-order chi connectivity index (χ0) is 10.5. The molecule has 1 fully saturated rings. The molecular formula is C14H17N. The molecule has 1 heterocycles. The summed E-state index contributed by atoms with van der Waals surface area (Å²) in [6.45, 7) is 4.29. The Morgan fingerprint density at radius 2 is 1.67 bits per heavy atom. The molecule has 0 radical (unpaired) electrons. The van der Waals surface area contributed by atoms with Gasteiger partial charge in [-0.05, 0) is 50.5 Å². The van der Waals surface area contributed by atoms with Crippen LogP contribution in [0.2, 0.25) is 0 Å². The average molecular weight is 199 g/mol. The summed E-state index contributed by atoms with van der Waals surface area (Å²) in [4.78, 5) is 2.46. The summed E-state index contributed by atoms with van der Waals surface area (Å²) < 4.78 is 0. The second-order valence-corrected chi connectivity index (χ2v) is 3.97. The number of nitrogens with zero attached hydrogens (tertiary/aromatic N) is 1. The molecule has 0 atom stereocenters. The molecule has 78 valence electrons.